The van der Waals surface area contributed by atoms with Gasteiger partial charge in [0.05, 0.1) is 19.8 Å². The molecule has 1 aromatic rings. The molecule has 0 aromatic carbocycles. The molecule has 0 aliphatic rings. The van der Waals surface area contributed by atoms with E-state index in [0.29, 0.717) is 17.6 Å². The summed E-state index contributed by atoms with van der Waals surface area (Å²) in [7, 11) is 1.55. The normalized spacial score (nSPS) is 12.6. The minimum absolute atomic E-state index is 0.00962. The Labute approximate surface area is 89.5 Å². The van der Waals surface area contributed by atoms with Crippen LogP contribution < -0.4 is 10.1 Å². The Morgan fingerprint density at radius 3 is 2.73 bits per heavy atom. The summed E-state index contributed by atoms with van der Waals surface area (Å²) in [6.07, 6.45) is 1.43. The number of nitrogens with zero attached hydrogens (tertiary/aromatic N) is 2. The van der Waals surface area contributed by atoms with Gasteiger partial charge in [0.1, 0.15) is 12.1 Å². The van der Waals surface area contributed by atoms with Gasteiger partial charge in [0, 0.05) is 6.07 Å². The second-order valence-corrected chi connectivity index (χ2v) is 3.62. The highest BCUT2D eigenvalue weighted by atomic mass is 16.5. The molecular weight excluding hydrogens is 194 g/mol. The largest absolute Gasteiger partial charge is 0.481 e. The fraction of sp³-hybridized carbons (Fsp3) is 0.600. The van der Waals surface area contributed by atoms with Crippen LogP contribution in [0.2, 0.25) is 0 Å². The summed E-state index contributed by atoms with van der Waals surface area (Å²) in [5.41, 5.74) is 0. The fourth-order valence-electron chi connectivity index (χ4n) is 1.14. The first-order chi connectivity index (χ1) is 7.17. The van der Waals surface area contributed by atoms with Crippen molar-refractivity contribution in [2.75, 3.05) is 19.0 Å². The first kappa shape index (κ1) is 11.7. The lowest BCUT2D eigenvalue weighted by molar-refractivity contribution is 0.249. The number of aliphatic hydroxyl groups excluding tert-OH is 1. The van der Waals surface area contributed by atoms with Crippen molar-refractivity contribution < 1.29 is 9.84 Å². The Morgan fingerprint density at radius 2 is 2.20 bits per heavy atom. The van der Waals surface area contributed by atoms with Crippen LogP contribution in [0.15, 0.2) is 12.4 Å². The van der Waals surface area contributed by atoms with Crippen molar-refractivity contribution >= 4 is 5.82 Å². The lowest BCUT2D eigenvalue weighted by Crippen LogP contribution is -2.29. The van der Waals surface area contributed by atoms with Gasteiger partial charge in [0.25, 0.3) is 0 Å². The van der Waals surface area contributed by atoms with Crippen molar-refractivity contribution in [3.63, 3.8) is 0 Å². The Morgan fingerprint density at radius 1 is 1.47 bits per heavy atom. The second-order valence-electron chi connectivity index (χ2n) is 3.62. The van der Waals surface area contributed by atoms with Crippen LogP contribution in [0.3, 0.4) is 0 Å². The highest BCUT2D eigenvalue weighted by Gasteiger charge is 2.12. The summed E-state index contributed by atoms with van der Waals surface area (Å²) >= 11 is 0. The lowest BCUT2D eigenvalue weighted by Gasteiger charge is -2.20. The van der Waals surface area contributed by atoms with E-state index >= 15 is 0 Å². The topological polar surface area (TPSA) is 67.3 Å². The molecule has 0 unspecified atom stereocenters. The van der Waals surface area contributed by atoms with E-state index in [4.69, 9.17) is 9.84 Å². The number of nitrogens with one attached hydrogen (secondary N) is 1. The SMILES string of the molecule is COc1cc(N[C@H](CO)C(C)C)ncn1. The molecule has 0 saturated carbocycles. The van der Waals surface area contributed by atoms with Gasteiger partial charge in [-0.3, -0.25) is 0 Å². The van der Waals surface area contributed by atoms with E-state index in [2.05, 4.69) is 15.3 Å². The molecule has 0 radical (unpaired) electrons. The number of hydrogen-bond donors (Lipinski definition) is 2. The molecule has 0 amide bonds. The number of ether oxygens (including phenoxy) is 1. The van der Waals surface area contributed by atoms with Crippen molar-refractivity contribution in [1.29, 1.82) is 0 Å². The summed E-state index contributed by atoms with van der Waals surface area (Å²) in [5.74, 6) is 1.50. The maximum absolute atomic E-state index is 9.15. The Kier molecular flexibility index (Phi) is 4.30. The molecule has 1 rings (SSSR count). The van der Waals surface area contributed by atoms with Gasteiger partial charge >= 0.3 is 0 Å². The van der Waals surface area contributed by atoms with Crippen molar-refractivity contribution in [3.8, 4) is 5.88 Å². The quantitative estimate of drug-likeness (QED) is 0.758. The minimum Gasteiger partial charge on any atom is -0.481 e. The number of anilines is 1. The Hall–Kier alpha value is -1.36. The van der Waals surface area contributed by atoms with E-state index in [9.17, 15) is 0 Å². The molecule has 1 aromatic heterocycles. The zero-order valence-corrected chi connectivity index (χ0v) is 9.27. The zero-order chi connectivity index (χ0) is 11.3. The van der Waals surface area contributed by atoms with Gasteiger partial charge in [-0.1, -0.05) is 13.8 Å². The first-order valence-electron chi connectivity index (χ1n) is 4.90. The second kappa shape index (κ2) is 5.50. The average Bonchev–Trinajstić information content (AvgIpc) is 2.25. The van der Waals surface area contributed by atoms with Crippen LogP contribution in [-0.4, -0.2) is 34.8 Å². The van der Waals surface area contributed by atoms with Gasteiger partial charge < -0.3 is 15.2 Å². The summed E-state index contributed by atoms with van der Waals surface area (Å²) in [5, 5.41) is 12.3. The van der Waals surface area contributed by atoms with Crippen LogP contribution in [-0.2, 0) is 0 Å². The number of hydrogen-bond acceptors (Lipinski definition) is 5. The van der Waals surface area contributed by atoms with Crippen LogP contribution in [0.25, 0.3) is 0 Å². The zero-order valence-electron chi connectivity index (χ0n) is 9.27. The summed E-state index contributed by atoms with van der Waals surface area (Å²) in [6, 6.07) is 1.69. The fourth-order valence-corrected chi connectivity index (χ4v) is 1.14. The molecule has 15 heavy (non-hydrogen) atoms. The van der Waals surface area contributed by atoms with Crippen molar-refractivity contribution in [1.82, 2.24) is 9.97 Å². The van der Waals surface area contributed by atoms with Crippen LogP contribution in [0.4, 0.5) is 5.82 Å². The maximum atomic E-state index is 9.15. The molecule has 0 saturated heterocycles. The molecule has 2 N–H and O–H groups in total. The molecule has 1 heterocycles. The molecule has 1 atom stereocenters. The molecule has 0 bridgehead atoms. The van der Waals surface area contributed by atoms with E-state index in [1.165, 1.54) is 6.33 Å². The first-order valence-corrected chi connectivity index (χ1v) is 4.90. The van der Waals surface area contributed by atoms with Gasteiger partial charge in [-0.15, -0.1) is 0 Å². The Balaban J connectivity index is 2.70. The van der Waals surface area contributed by atoms with Gasteiger partial charge in [-0.25, -0.2) is 9.97 Å². The van der Waals surface area contributed by atoms with Gasteiger partial charge in [0.2, 0.25) is 5.88 Å². The minimum atomic E-state index is -0.00962. The third kappa shape index (κ3) is 3.36. The van der Waals surface area contributed by atoms with Crippen LogP contribution in [0, 0.1) is 5.92 Å². The Bertz CT molecular complexity index is 304. The van der Waals surface area contributed by atoms with E-state index in [1.54, 1.807) is 13.2 Å². The number of aliphatic hydroxyl groups is 1. The van der Waals surface area contributed by atoms with Gasteiger partial charge in [-0.2, -0.15) is 0 Å². The molecule has 0 aliphatic heterocycles. The van der Waals surface area contributed by atoms with E-state index < -0.39 is 0 Å². The maximum Gasteiger partial charge on any atom is 0.218 e. The number of rotatable bonds is 5. The third-order valence-corrected chi connectivity index (χ3v) is 2.19. The smallest absolute Gasteiger partial charge is 0.218 e. The van der Waals surface area contributed by atoms with Crippen molar-refractivity contribution in [2.24, 2.45) is 5.92 Å². The highest BCUT2D eigenvalue weighted by molar-refractivity contribution is 5.38. The van der Waals surface area contributed by atoms with E-state index in [0.717, 1.165) is 0 Å². The summed E-state index contributed by atoms with van der Waals surface area (Å²) in [6.45, 7) is 4.14. The van der Waals surface area contributed by atoms with Crippen LogP contribution in [0.5, 0.6) is 5.88 Å². The summed E-state index contributed by atoms with van der Waals surface area (Å²) in [4.78, 5) is 7.94. The molecule has 0 spiro atoms. The number of aromatic nitrogens is 2. The predicted octanol–water partition coefficient (Wildman–Crippen LogP) is 0.914. The van der Waals surface area contributed by atoms with Crippen LogP contribution in [0.1, 0.15) is 13.8 Å². The lowest BCUT2D eigenvalue weighted by atomic mass is 10.1. The molecule has 0 aliphatic carbocycles. The van der Waals surface area contributed by atoms with Crippen molar-refractivity contribution in [3.05, 3.63) is 12.4 Å². The van der Waals surface area contributed by atoms with Crippen molar-refractivity contribution in [2.45, 2.75) is 19.9 Å². The highest BCUT2D eigenvalue weighted by Crippen LogP contribution is 2.13. The molecule has 5 heteroatoms. The molecular formula is C10H17N3O2. The molecule has 84 valence electrons. The number of methoxy groups -OCH3 is 1. The predicted molar refractivity (Wildman–Crippen MR) is 57.9 cm³/mol. The third-order valence-electron chi connectivity index (χ3n) is 2.19. The van der Waals surface area contributed by atoms with Gasteiger partial charge in [0.15, 0.2) is 0 Å². The van der Waals surface area contributed by atoms with Crippen LogP contribution >= 0.6 is 0 Å². The standard InChI is InChI=1S/C10H17N3O2/c1-7(2)8(5-14)13-9-4-10(15-3)12-6-11-9/h4,6-8,14H,5H2,1-3H3,(H,11,12,13)/t8-/m1/s1. The van der Waals surface area contributed by atoms with E-state index in [1.807, 2.05) is 13.8 Å². The molecule has 5 nitrogen and oxygen atoms in total. The monoisotopic (exact) mass is 211 g/mol. The summed E-state index contributed by atoms with van der Waals surface area (Å²) < 4.78 is 4.98. The van der Waals surface area contributed by atoms with E-state index in [-0.39, 0.29) is 12.6 Å². The van der Waals surface area contributed by atoms with Gasteiger partial charge in [-0.05, 0) is 5.92 Å². The molecule has 0 fully saturated rings. The average molecular weight is 211 g/mol.